The minimum atomic E-state index is -0.378. The molecule has 0 atom stereocenters. The van der Waals surface area contributed by atoms with Gasteiger partial charge in [0.2, 0.25) is 0 Å². The third kappa shape index (κ3) is 4.00. The molecule has 0 bridgehead atoms. The van der Waals surface area contributed by atoms with Crippen LogP contribution in [0.25, 0.3) is 0 Å². The van der Waals surface area contributed by atoms with Crippen molar-refractivity contribution in [3.05, 3.63) is 63.3 Å². The predicted octanol–water partition coefficient (Wildman–Crippen LogP) is 4.00. The van der Waals surface area contributed by atoms with Crippen LogP contribution in [0.5, 0.6) is 0 Å². The first-order valence-corrected chi connectivity index (χ1v) is 11.0. The summed E-state index contributed by atoms with van der Waals surface area (Å²) in [5, 5.41) is 11.7. The van der Waals surface area contributed by atoms with Crippen LogP contribution >= 0.6 is 11.3 Å². The average molecular weight is 425 g/mol. The minimum Gasteiger partial charge on any atom is -0.462 e. The van der Waals surface area contributed by atoms with Crippen LogP contribution in [0.3, 0.4) is 0 Å². The molecular weight excluding hydrogens is 400 g/mol. The first-order valence-electron chi connectivity index (χ1n) is 10.2. The molecule has 0 fully saturated rings. The highest BCUT2D eigenvalue weighted by molar-refractivity contribution is 7.17. The number of anilines is 1. The van der Waals surface area contributed by atoms with Gasteiger partial charge in [0.25, 0.3) is 5.91 Å². The Labute approximate surface area is 179 Å². The number of rotatable bonds is 6. The number of amides is 1. The van der Waals surface area contributed by atoms with Gasteiger partial charge < -0.3 is 10.1 Å². The van der Waals surface area contributed by atoms with E-state index in [1.807, 2.05) is 37.3 Å². The molecule has 0 saturated carbocycles. The van der Waals surface area contributed by atoms with Gasteiger partial charge in [0, 0.05) is 4.88 Å². The zero-order valence-electron chi connectivity index (χ0n) is 17.1. The molecule has 2 heterocycles. The van der Waals surface area contributed by atoms with Crippen molar-refractivity contribution in [2.24, 2.45) is 0 Å². The van der Waals surface area contributed by atoms with Crippen LogP contribution in [0.2, 0.25) is 0 Å². The number of aryl methyl sites for hydroxylation is 1. The number of carbonyl (C=O) groups is 2. The summed E-state index contributed by atoms with van der Waals surface area (Å²) < 4.78 is 6.96. The number of esters is 1. The lowest BCUT2D eigenvalue weighted by Crippen LogP contribution is -2.17. The number of aromatic nitrogens is 3. The van der Waals surface area contributed by atoms with Crippen LogP contribution in [-0.4, -0.2) is 33.5 Å². The van der Waals surface area contributed by atoms with Crippen LogP contribution in [-0.2, 0) is 24.1 Å². The fourth-order valence-electron chi connectivity index (χ4n) is 3.71. The first-order chi connectivity index (χ1) is 14.6. The number of hydrogen-bond donors (Lipinski definition) is 1. The summed E-state index contributed by atoms with van der Waals surface area (Å²) in [7, 11) is 0. The second-order valence-electron chi connectivity index (χ2n) is 7.26. The number of hydrogen-bond acceptors (Lipinski definition) is 6. The van der Waals surface area contributed by atoms with Crippen molar-refractivity contribution >= 4 is 28.2 Å². The molecule has 4 rings (SSSR count). The van der Waals surface area contributed by atoms with E-state index in [0.29, 0.717) is 29.4 Å². The zero-order valence-corrected chi connectivity index (χ0v) is 17.9. The molecule has 1 amide bonds. The van der Waals surface area contributed by atoms with E-state index < -0.39 is 0 Å². The normalized spacial score (nSPS) is 13.0. The fraction of sp³-hybridized carbons (Fsp3) is 0.364. The Hall–Kier alpha value is -3.00. The largest absolute Gasteiger partial charge is 0.462 e. The van der Waals surface area contributed by atoms with Gasteiger partial charge in [-0.05, 0) is 50.7 Å². The number of ether oxygens (including phenoxy) is 1. The maximum atomic E-state index is 13.0. The van der Waals surface area contributed by atoms with E-state index in [1.54, 1.807) is 11.6 Å². The highest BCUT2D eigenvalue weighted by Crippen LogP contribution is 2.38. The van der Waals surface area contributed by atoms with Crippen LogP contribution in [0.1, 0.15) is 62.3 Å². The summed E-state index contributed by atoms with van der Waals surface area (Å²) in [4.78, 5) is 26.7. The Morgan fingerprint density at radius 3 is 2.73 bits per heavy atom. The van der Waals surface area contributed by atoms with Gasteiger partial charge in [-0.2, -0.15) is 0 Å². The zero-order chi connectivity index (χ0) is 21.1. The SMILES string of the molecule is CCOC(=O)c1c(NC(=O)c2nnn(Cc3ccccc3)c2C)sc2c1CCCC2. The standard InChI is InChI=1S/C22H24N4O3S/c1-3-29-22(28)18-16-11-7-8-12-17(16)30-21(18)23-20(27)19-14(2)26(25-24-19)13-15-9-5-4-6-10-15/h4-6,9-10H,3,7-8,11-13H2,1-2H3,(H,23,27). The summed E-state index contributed by atoms with van der Waals surface area (Å²) in [5.41, 5.74) is 3.53. The quantitative estimate of drug-likeness (QED) is 0.605. The topological polar surface area (TPSA) is 86.1 Å². The molecule has 7 nitrogen and oxygen atoms in total. The Morgan fingerprint density at radius 2 is 1.97 bits per heavy atom. The summed E-state index contributed by atoms with van der Waals surface area (Å²) in [6.45, 7) is 4.44. The smallest absolute Gasteiger partial charge is 0.341 e. The molecule has 3 aromatic rings. The number of thiophene rings is 1. The second kappa shape index (κ2) is 8.79. The molecule has 30 heavy (non-hydrogen) atoms. The molecule has 156 valence electrons. The lowest BCUT2D eigenvalue weighted by molar-refractivity contribution is 0.0526. The molecule has 0 saturated heterocycles. The third-order valence-corrected chi connectivity index (χ3v) is 6.46. The monoisotopic (exact) mass is 424 g/mol. The van der Waals surface area contributed by atoms with E-state index in [-0.39, 0.29) is 17.6 Å². The van der Waals surface area contributed by atoms with Gasteiger partial charge in [0.05, 0.1) is 24.4 Å². The molecule has 2 aromatic heterocycles. The van der Waals surface area contributed by atoms with E-state index in [2.05, 4.69) is 15.6 Å². The molecule has 1 aromatic carbocycles. The van der Waals surface area contributed by atoms with E-state index in [4.69, 9.17) is 4.74 Å². The number of fused-ring (bicyclic) bond motifs is 1. The van der Waals surface area contributed by atoms with Crippen molar-refractivity contribution in [2.75, 3.05) is 11.9 Å². The van der Waals surface area contributed by atoms with Gasteiger partial charge in [-0.3, -0.25) is 4.79 Å². The fourth-order valence-corrected chi connectivity index (χ4v) is 4.98. The van der Waals surface area contributed by atoms with Gasteiger partial charge in [-0.1, -0.05) is 35.5 Å². The Bertz CT molecular complexity index is 1070. The van der Waals surface area contributed by atoms with Crippen molar-refractivity contribution < 1.29 is 14.3 Å². The van der Waals surface area contributed by atoms with Crippen molar-refractivity contribution in [3.8, 4) is 0 Å². The maximum Gasteiger partial charge on any atom is 0.341 e. The molecule has 0 aliphatic heterocycles. The van der Waals surface area contributed by atoms with Gasteiger partial charge >= 0.3 is 5.97 Å². The molecule has 1 N–H and O–H groups in total. The molecular formula is C22H24N4O3S. The molecule has 0 radical (unpaired) electrons. The molecule has 8 heteroatoms. The maximum absolute atomic E-state index is 13.0. The second-order valence-corrected chi connectivity index (χ2v) is 8.36. The summed E-state index contributed by atoms with van der Waals surface area (Å²) >= 11 is 1.47. The van der Waals surface area contributed by atoms with E-state index >= 15 is 0 Å². The number of benzene rings is 1. The average Bonchev–Trinajstić information content (AvgIpc) is 3.29. The lowest BCUT2D eigenvalue weighted by atomic mass is 9.95. The van der Waals surface area contributed by atoms with Gasteiger partial charge in [-0.25, -0.2) is 9.48 Å². The van der Waals surface area contributed by atoms with Crippen molar-refractivity contribution in [3.63, 3.8) is 0 Å². The highest BCUT2D eigenvalue weighted by Gasteiger charge is 2.28. The Balaban J connectivity index is 1.59. The van der Waals surface area contributed by atoms with Gasteiger partial charge in [0.1, 0.15) is 5.00 Å². The summed E-state index contributed by atoms with van der Waals surface area (Å²) in [6.07, 6.45) is 3.89. The van der Waals surface area contributed by atoms with Crippen molar-refractivity contribution in [1.29, 1.82) is 0 Å². The molecule has 0 spiro atoms. The van der Waals surface area contributed by atoms with Crippen molar-refractivity contribution in [1.82, 2.24) is 15.0 Å². The van der Waals surface area contributed by atoms with E-state index in [9.17, 15) is 9.59 Å². The van der Waals surface area contributed by atoms with E-state index in [1.165, 1.54) is 11.3 Å². The minimum absolute atomic E-state index is 0.257. The highest BCUT2D eigenvalue weighted by atomic mass is 32.1. The van der Waals surface area contributed by atoms with Crippen LogP contribution in [0.4, 0.5) is 5.00 Å². The number of carbonyl (C=O) groups excluding carboxylic acids is 2. The number of nitrogens with one attached hydrogen (secondary N) is 1. The van der Waals surface area contributed by atoms with Crippen LogP contribution in [0.15, 0.2) is 30.3 Å². The van der Waals surface area contributed by atoms with Gasteiger partial charge in [0.15, 0.2) is 5.69 Å². The number of nitrogens with zero attached hydrogens (tertiary/aromatic N) is 3. The molecule has 0 unspecified atom stereocenters. The molecule has 1 aliphatic rings. The predicted molar refractivity (Wildman–Crippen MR) is 115 cm³/mol. The summed E-state index contributed by atoms with van der Waals surface area (Å²) in [5.74, 6) is -0.743. The summed E-state index contributed by atoms with van der Waals surface area (Å²) in [6, 6.07) is 9.89. The van der Waals surface area contributed by atoms with Gasteiger partial charge in [-0.15, -0.1) is 16.4 Å². The van der Waals surface area contributed by atoms with Crippen molar-refractivity contribution in [2.45, 2.75) is 46.1 Å². The van der Waals surface area contributed by atoms with Crippen LogP contribution < -0.4 is 5.32 Å². The Morgan fingerprint density at radius 1 is 1.20 bits per heavy atom. The Kier molecular flexibility index (Phi) is 5.94. The lowest BCUT2D eigenvalue weighted by Gasteiger charge is -2.12. The third-order valence-electron chi connectivity index (χ3n) is 5.25. The van der Waals surface area contributed by atoms with E-state index in [0.717, 1.165) is 41.7 Å². The first kappa shape index (κ1) is 20.3. The van der Waals surface area contributed by atoms with Crippen LogP contribution in [0, 0.1) is 6.92 Å². The molecule has 1 aliphatic carbocycles.